The van der Waals surface area contributed by atoms with E-state index in [0.29, 0.717) is 16.9 Å². The molecule has 1 saturated carbocycles. The van der Waals surface area contributed by atoms with Gasteiger partial charge in [0.25, 0.3) is 0 Å². The predicted molar refractivity (Wildman–Crippen MR) is 106 cm³/mol. The number of fused-ring (bicyclic) bond motifs is 3. The lowest BCUT2D eigenvalue weighted by Crippen LogP contribution is -3.12. The van der Waals surface area contributed by atoms with E-state index in [1.807, 2.05) is 25.1 Å². The Morgan fingerprint density at radius 3 is 2.80 bits per heavy atom. The summed E-state index contributed by atoms with van der Waals surface area (Å²) in [6.45, 7) is 11.3. The maximum absolute atomic E-state index is 13.1. The number of nitrogens with one attached hydrogen (secondary N) is 2. The molecule has 4 heteroatoms. The largest absolute Gasteiger partial charge is 0.358 e. The molecule has 134 valence electrons. The van der Waals surface area contributed by atoms with Crippen molar-refractivity contribution in [3.8, 4) is 0 Å². The molecule has 25 heavy (non-hydrogen) atoms. The summed E-state index contributed by atoms with van der Waals surface area (Å²) in [7, 11) is 0. The highest BCUT2D eigenvalue weighted by atomic mass is 79.9. The average molecular weight is 404 g/mol. The molecular formula is C21H28BrN2O+. The summed E-state index contributed by atoms with van der Waals surface area (Å²) in [5.74, 6) is 0. The Kier molecular flexibility index (Phi) is 3.93. The fraction of sp³-hybridized carbons (Fsp3) is 0.571. The van der Waals surface area contributed by atoms with Gasteiger partial charge >= 0.3 is 0 Å². The van der Waals surface area contributed by atoms with Crippen LogP contribution in [0.3, 0.4) is 0 Å². The smallest absolute Gasteiger partial charge is 0.198 e. The average Bonchev–Trinajstić information content (AvgIpc) is 2.73. The number of halogens is 1. The molecule has 2 aliphatic rings. The van der Waals surface area contributed by atoms with Gasteiger partial charge in [0.15, 0.2) is 5.43 Å². The van der Waals surface area contributed by atoms with E-state index in [1.165, 1.54) is 25.8 Å². The SMILES string of the molecule is Cc1[nH]c2ccc(Br)cc2c(=O)c1C[NH+]1CC2(C)CC1CC(C)(C)C2. The van der Waals surface area contributed by atoms with Gasteiger partial charge in [0.1, 0.15) is 6.54 Å². The van der Waals surface area contributed by atoms with Crippen molar-refractivity contribution in [2.75, 3.05) is 6.54 Å². The van der Waals surface area contributed by atoms with Crippen LogP contribution in [0.25, 0.3) is 10.9 Å². The normalized spacial score (nSPS) is 30.8. The molecule has 4 rings (SSSR count). The molecule has 0 radical (unpaired) electrons. The first-order valence-electron chi connectivity index (χ1n) is 9.31. The molecule has 3 unspecified atom stereocenters. The van der Waals surface area contributed by atoms with Crippen LogP contribution in [0.5, 0.6) is 0 Å². The number of hydrogen-bond donors (Lipinski definition) is 2. The van der Waals surface area contributed by atoms with E-state index in [9.17, 15) is 4.79 Å². The Morgan fingerprint density at radius 1 is 1.28 bits per heavy atom. The molecule has 1 aromatic carbocycles. The number of pyridine rings is 1. The van der Waals surface area contributed by atoms with Crippen molar-refractivity contribution >= 4 is 26.8 Å². The quantitative estimate of drug-likeness (QED) is 0.789. The fourth-order valence-corrected chi connectivity index (χ4v) is 6.18. The lowest BCUT2D eigenvalue weighted by atomic mass is 9.65. The summed E-state index contributed by atoms with van der Waals surface area (Å²) in [5.41, 5.74) is 3.98. The lowest BCUT2D eigenvalue weighted by Gasteiger charge is -2.37. The van der Waals surface area contributed by atoms with Crippen LogP contribution < -0.4 is 10.3 Å². The maximum Gasteiger partial charge on any atom is 0.198 e. The van der Waals surface area contributed by atoms with Crippen LogP contribution in [-0.4, -0.2) is 17.6 Å². The van der Waals surface area contributed by atoms with Crippen molar-refractivity contribution < 1.29 is 4.90 Å². The predicted octanol–water partition coefficient (Wildman–Crippen LogP) is 3.58. The number of H-pyrrole nitrogens is 1. The molecule has 2 aromatic rings. The minimum Gasteiger partial charge on any atom is -0.358 e. The molecule has 3 nitrogen and oxygen atoms in total. The number of hydrogen-bond acceptors (Lipinski definition) is 1. The molecule has 1 aliphatic heterocycles. The number of aromatic amines is 1. The second kappa shape index (κ2) is 5.68. The molecule has 1 aromatic heterocycles. The topological polar surface area (TPSA) is 37.3 Å². The Hall–Kier alpha value is -1.13. The van der Waals surface area contributed by atoms with E-state index in [-0.39, 0.29) is 5.43 Å². The standard InChI is InChI=1S/C21H27BrN2O/c1-13-17(19(25)16-7-14(22)5-6-18(16)23-13)10-24-12-21(4)9-15(24)8-20(2,3)11-21/h5-7,15H,8-12H2,1-4H3,(H,23,25)/p+1. The first-order valence-corrected chi connectivity index (χ1v) is 10.1. The molecule has 3 atom stereocenters. The van der Waals surface area contributed by atoms with Gasteiger partial charge in [-0.1, -0.05) is 36.7 Å². The Balaban J connectivity index is 1.71. The van der Waals surface area contributed by atoms with E-state index >= 15 is 0 Å². The van der Waals surface area contributed by atoms with Gasteiger partial charge in [-0.05, 0) is 37.0 Å². The van der Waals surface area contributed by atoms with Gasteiger partial charge in [0.2, 0.25) is 0 Å². The molecule has 0 spiro atoms. The number of quaternary nitrogens is 1. The second-order valence-electron chi connectivity index (χ2n) is 9.52. The molecule has 2 fully saturated rings. The molecule has 2 bridgehead atoms. The van der Waals surface area contributed by atoms with Gasteiger partial charge in [0.05, 0.1) is 18.2 Å². The van der Waals surface area contributed by atoms with Crippen molar-refractivity contribution in [1.29, 1.82) is 0 Å². The number of aryl methyl sites for hydroxylation is 1. The third-order valence-electron chi connectivity index (χ3n) is 6.35. The first kappa shape index (κ1) is 17.3. The summed E-state index contributed by atoms with van der Waals surface area (Å²) >= 11 is 3.50. The van der Waals surface area contributed by atoms with Crippen LogP contribution in [0.2, 0.25) is 0 Å². The molecule has 0 amide bonds. The van der Waals surface area contributed by atoms with Gasteiger partial charge in [-0.2, -0.15) is 0 Å². The summed E-state index contributed by atoms with van der Waals surface area (Å²) in [6.07, 6.45) is 3.88. The van der Waals surface area contributed by atoms with Gasteiger partial charge in [0, 0.05) is 39.3 Å². The number of rotatable bonds is 2. The summed E-state index contributed by atoms with van der Waals surface area (Å²) in [6, 6.07) is 6.59. The molecule has 2 heterocycles. The Labute approximate surface area is 157 Å². The van der Waals surface area contributed by atoms with E-state index in [4.69, 9.17) is 0 Å². The van der Waals surface area contributed by atoms with Gasteiger partial charge in [-0.15, -0.1) is 0 Å². The van der Waals surface area contributed by atoms with Crippen LogP contribution in [0.15, 0.2) is 27.5 Å². The highest BCUT2D eigenvalue weighted by Gasteiger charge is 2.52. The number of aromatic nitrogens is 1. The number of benzene rings is 1. The van der Waals surface area contributed by atoms with Crippen LogP contribution in [0.4, 0.5) is 0 Å². The molecule has 1 saturated heterocycles. The highest BCUT2D eigenvalue weighted by Crippen LogP contribution is 2.47. The molecule has 2 N–H and O–H groups in total. The van der Waals surface area contributed by atoms with Crippen molar-refractivity contribution in [2.45, 2.75) is 59.5 Å². The first-order chi connectivity index (χ1) is 11.7. The van der Waals surface area contributed by atoms with Gasteiger partial charge in [-0.25, -0.2) is 0 Å². The van der Waals surface area contributed by atoms with Crippen LogP contribution >= 0.6 is 15.9 Å². The Morgan fingerprint density at radius 2 is 2.04 bits per heavy atom. The van der Waals surface area contributed by atoms with E-state index in [1.54, 1.807) is 4.90 Å². The zero-order chi connectivity index (χ0) is 18.0. The zero-order valence-corrected chi connectivity index (χ0v) is 17.2. The second-order valence-corrected chi connectivity index (χ2v) is 10.4. The third-order valence-corrected chi connectivity index (χ3v) is 6.85. The zero-order valence-electron chi connectivity index (χ0n) is 15.6. The highest BCUT2D eigenvalue weighted by molar-refractivity contribution is 9.10. The van der Waals surface area contributed by atoms with Crippen molar-refractivity contribution in [3.05, 3.63) is 44.2 Å². The molecular weight excluding hydrogens is 376 g/mol. The summed E-state index contributed by atoms with van der Waals surface area (Å²) in [4.78, 5) is 18.2. The van der Waals surface area contributed by atoms with E-state index in [2.05, 4.69) is 41.7 Å². The minimum absolute atomic E-state index is 0.200. The Bertz CT molecular complexity index is 901. The lowest BCUT2D eigenvalue weighted by molar-refractivity contribution is -0.928. The van der Waals surface area contributed by atoms with Crippen molar-refractivity contribution in [2.24, 2.45) is 10.8 Å². The summed E-state index contributed by atoms with van der Waals surface area (Å²) < 4.78 is 0.957. The maximum atomic E-state index is 13.1. The molecule has 1 aliphatic carbocycles. The van der Waals surface area contributed by atoms with Crippen molar-refractivity contribution in [1.82, 2.24) is 4.98 Å². The minimum atomic E-state index is 0.200. The van der Waals surface area contributed by atoms with Gasteiger partial charge in [-0.3, -0.25) is 4.79 Å². The van der Waals surface area contributed by atoms with Crippen LogP contribution in [0.1, 0.15) is 51.3 Å². The van der Waals surface area contributed by atoms with E-state index in [0.717, 1.165) is 33.2 Å². The van der Waals surface area contributed by atoms with Crippen molar-refractivity contribution in [3.63, 3.8) is 0 Å². The monoisotopic (exact) mass is 403 g/mol. The number of likely N-dealkylation sites (tertiary alicyclic amines) is 1. The van der Waals surface area contributed by atoms with E-state index < -0.39 is 0 Å². The third kappa shape index (κ3) is 3.08. The summed E-state index contributed by atoms with van der Waals surface area (Å²) in [5, 5.41) is 0.795. The van der Waals surface area contributed by atoms with Gasteiger partial charge < -0.3 is 9.88 Å². The fourth-order valence-electron chi connectivity index (χ4n) is 5.82. The van der Waals surface area contributed by atoms with Crippen LogP contribution in [0, 0.1) is 17.8 Å². The van der Waals surface area contributed by atoms with Crippen LogP contribution in [-0.2, 0) is 6.54 Å².